The van der Waals surface area contributed by atoms with Gasteiger partial charge in [-0.25, -0.2) is 13.1 Å². The molecule has 0 saturated carbocycles. The molecule has 0 bridgehead atoms. The Morgan fingerprint density at radius 2 is 2.22 bits per heavy atom. The van der Waals surface area contributed by atoms with Crippen molar-refractivity contribution in [2.45, 2.75) is 18.9 Å². The number of aromatic nitrogens is 3. The van der Waals surface area contributed by atoms with E-state index in [4.69, 9.17) is 0 Å². The molecule has 1 aromatic heterocycles. The molecule has 23 heavy (non-hydrogen) atoms. The number of nitrogens with zero attached hydrogens (tertiary/aromatic N) is 3. The summed E-state index contributed by atoms with van der Waals surface area (Å²) in [5.41, 5.74) is 0.159. The molecule has 1 fully saturated rings. The molecular weight excluding hydrogens is 384 g/mol. The fourth-order valence-electron chi connectivity index (χ4n) is 2.56. The summed E-state index contributed by atoms with van der Waals surface area (Å²) in [5, 5.41) is 10.6. The summed E-state index contributed by atoms with van der Waals surface area (Å²) < 4.78 is 25.6. The van der Waals surface area contributed by atoms with Crippen molar-refractivity contribution in [3.8, 4) is 5.69 Å². The number of nitrogens with one attached hydrogen (secondary N) is 1. The molecule has 7 nitrogen and oxygen atoms in total. The molecule has 1 saturated heterocycles. The van der Waals surface area contributed by atoms with Crippen molar-refractivity contribution in [2.24, 2.45) is 0 Å². The Balaban J connectivity index is 1.77. The number of halogens is 1. The van der Waals surface area contributed by atoms with Gasteiger partial charge in [-0.15, -0.1) is 5.10 Å². The number of hydrogen-bond acceptors (Lipinski definition) is 5. The number of sulfone groups is 1. The van der Waals surface area contributed by atoms with Crippen molar-refractivity contribution in [3.63, 3.8) is 0 Å². The van der Waals surface area contributed by atoms with Gasteiger partial charge in [0.05, 0.1) is 28.9 Å². The number of rotatable bonds is 3. The van der Waals surface area contributed by atoms with Gasteiger partial charge in [0.1, 0.15) is 0 Å². The molecule has 0 aliphatic carbocycles. The van der Waals surface area contributed by atoms with Gasteiger partial charge in [-0.05, 0) is 31.5 Å². The van der Waals surface area contributed by atoms with E-state index in [0.29, 0.717) is 6.42 Å². The van der Waals surface area contributed by atoms with Crippen LogP contribution in [0.25, 0.3) is 5.69 Å². The van der Waals surface area contributed by atoms with Gasteiger partial charge in [-0.2, -0.15) is 0 Å². The van der Waals surface area contributed by atoms with Crippen LogP contribution in [0.1, 0.15) is 23.8 Å². The number of benzene rings is 1. The van der Waals surface area contributed by atoms with Crippen molar-refractivity contribution < 1.29 is 13.2 Å². The third-order valence-electron chi connectivity index (χ3n) is 3.72. The summed E-state index contributed by atoms with van der Waals surface area (Å²) >= 11 is 3.37. The van der Waals surface area contributed by atoms with E-state index in [9.17, 15) is 13.2 Å². The van der Waals surface area contributed by atoms with E-state index in [1.54, 1.807) is 6.92 Å². The molecule has 0 spiro atoms. The predicted molar refractivity (Wildman–Crippen MR) is 88.2 cm³/mol. The predicted octanol–water partition coefficient (Wildman–Crippen LogP) is 1.34. The Morgan fingerprint density at radius 1 is 1.43 bits per heavy atom. The first-order chi connectivity index (χ1) is 10.8. The van der Waals surface area contributed by atoms with E-state index < -0.39 is 21.3 Å². The van der Waals surface area contributed by atoms with Crippen molar-refractivity contribution in [1.29, 1.82) is 0 Å². The first kappa shape index (κ1) is 16.1. The van der Waals surface area contributed by atoms with Gasteiger partial charge in [0.2, 0.25) is 0 Å². The first-order valence-electron chi connectivity index (χ1n) is 6.98. The molecule has 0 radical (unpaired) electrons. The highest BCUT2D eigenvalue weighted by Crippen LogP contribution is 2.23. The zero-order chi connectivity index (χ0) is 16.7. The average Bonchev–Trinajstić information content (AvgIpc) is 3.04. The SMILES string of the molecule is C[C@@]1(NC(=O)c2cn(-c3cccc(Br)c3)nn2)CCS(=O)(=O)C1. The minimum atomic E-state index is -3.09. The van der Waals surface area contributed by atoms with Gasteiger partial charge >= 0.3 is 0 Å². The van der Waals surface area contributed by atoms with Gasteiger partial charge in [0, 0.05) is 4.47 Å². The third kappa shape index (κ3) is 3.61. The maximum absolute atomic E-state index is 12.3. The third-order valence-corrected chi connectivity index (χ3v) is 6.11. The summed E-state index contributed by atoms with van der Waals surface area (Å²) in [5.74, 6) is -0.383. The molecule has 2 aromatic rings. The fourth-order valence-corrected chi connectivity index (χ4v) is 5.04. The largest absolute Gasteiger partial charge is 0.344 e. The second-order valence-corrected chi connectivity index (χ2v) is 8.98. The molecular formula is C14H15BrN4O3S. The number of carbonyl (C=O) groups excluding carboxylic acids is 1. The number of carbonyl (C=O) groups is 1. The maximum Gasteiger partial charge on any atom is 0.273 e. The highest BCUT2D eigenvalue weighted by Gasteiger charge is 2.39. The van der Waals surface area contributed by atoms with E-state index in [-0.39, 0.29) is 17.2 Å². The summed E-state index contributed by atoms with van der Waals surface area (Å²) in [6.45, 7) is 1.73. The van der Waals surface area contributed by atoms with E-state index in [2.05, 4.69) is 31.6 Å². The van der Waals surface area contributed by atoms with E-state index in [1.807, 2.05) is 24.3 Å². The van der Waals surface area contributed by atoms with Crippen LogP contribution in [0.4, 0.5) is 0 Å². The lowest BCUT2D eigenvalue weighted by Gasteiger charge is -2.22. The monoisotopic (exact) mass is 398 g/mol. The van der Waals surface area contributed by atoms with Crippen LogP contribution in [-0.4, -0.2) is 46.4 Å². The van der Waals surface area contributed by atoms with Crippen molar-refractivity contribution in [2.75, 3.05) is 11.5 Å². The number of amides is 1. The highest BCUT2D eigenvalue weighted by molar-refractivity contribution is 9.10. The fraction of sp³-hybridized carbons (Fsp3) is 0.357. The molecule has 3 rings (SSSR count). The molecule has 1 N–H and O–H groups in total. The minimum Gasteiger partial charge on any atom is -0.344 e. The van der Waals surface area contributed by atoms with Gasteiger partial charge in [0.15, 0.2) is 15.5 Å². The van der Waals surface area contributed by atoms with Crippen LogP contribution in [0.15, 0.2) is 34.9 Å². The van der Waals surface area contributed by atoms with Gasteiger partial charge in [-0.3, -0.25) is 4.79 Å². The van der Waals surface area contributed by atoms with Crippen molar-refractivity contribution in [1.82, 2.24) is 20.3 Å². The molecule has 1 atom stereocenters. The van der Waals surface area contributed by atoms with Crippen LogP contribution in [0.2, 0.25) is 0 Å². The Kier molecular flexibility index (Phi) is 4.01. The molecule has 122 valence electrons. The smallest absolute Gasteiger partial charge is 0.273 e. The second kappa shape index (κ2) is 5.72. The van der Waals surface area contributed by atoms with E-state index >= 15 is 0 Å². The average molecular weight is 399 g/mol. The highest BCUT2D eigenvalue weighted by atomic mass is 79.9. The summed E-state index contributed by atoms with van der Waals surface area (Å²) in [6, 6.07) is 7.42. The lowest BCUT2D eigenvalue weighted by Crippen LogP contribution is -2.47. The van der Waals surface area contributed by atoms with Crippen molar-refractivity contribution in [3.05, 3.63) is 40.6 Å². The molecule has 1 aromatic carbocycles. The molecule has 1 aliphatic rings. The Labute approximate surface area is 142 Å². The summed E-state index contributed by atoms with van der Waals surface area (Å²) in [4.78, 5) is 12.3. The van der Waals surface area contributed by atoms with Crippen LogP contribution < -0.4 is 5.32 Å². The maximum atomic E-state index is 12.3. The van der Waals surface area contributed by atoms with Gasteiger partial charge in [-0.1, -0.05) is 27.2 Å². The van der Waals surface area contributed by atoms with Gasteiger partial charge in [0.25, 0.3) is 5.91 Å². The Morgan fingerprint density at radius 3 is 2.87 bits per heavy atom. The summed E-state index contributed by atoms with van der Waals surface area (Å²) in [7, 11) is -3.09. The minimum absolute atomic E-state index is 0.0501. The van der Waals surface area contributed by atoms with Crippen LogP contribution in [0.3, 0.4) is 0 Å². The standard InChI is InChI=1S/C14H15BrN4O3S/c1-14(5-6-23(21,22)9-14)16-13(20)12-8-19(18-17-12)11-4-2-3-10(15)7-11/h2-4,7-8H,5-6,9H2,1H3,(H,16,20)/t14-/m1/s1. The zero-order valence-corrected chi connectivity index (χ0v) is 14.8. The first-order valence-corrected chi connectivity index (χ1v) is 9.59. The normalized spacial score (nSPS) is 22.9. The molecule has 2 heterocycles. The molecule has 1 amide bonds. The van der Waals surface area contributed by atoms with Crippen LogP contribution in [0, 0.1) is 0 Å². The van der Waals surface area contributed by atoms with Crippen molar-refractivity contribution >= 4 is 31.7 Å². The zero-order valence-electron chi connectivity index (χ0n) is 12.4. The molecule has 9 heteroatoms. The lowest BCUT2D eigenvalue weighted by molar-refractivity contribution is 0.0910. The topological polar surface area (TPSA) is 93.9 Å². The van der Waals surface area contributed by atoms with Gasteiger partial charge < -0.3 is 5.32 Å². The van der Waals surface area contributed by atoms with E-state index in [0.717, 1.165) is 10.2 Å². The molecule has 1 aliphatic heterocycles. The quantitative estimate of drug-likeness (QED) is 0.841. The van der Waals surface area contributed by atoms with Crippen LogP contribution in [0.5, 0.6) is 0 Å². The van der Waals surface area contributed by atoms with Crippen LogP contribution in [-0.2, 0) is 9.84 Å². The number of hydrogen-bond donors (Lipinski definition) is 1. The summed E-state index contributed by atoms with van der Waals surface area (Å²) in [6.07, 6.45) is 1.92. The lowest BCUT2D eigenvalue weighted by atomic mass is 10.0. The molecule has 0 unspecified atom stereocenters. The Bertz CT molecular complexity index is 864. The second-order valence-electron chi connectivity index (χ2n) is 5.89. The Hall–Kier alpha value is -1.74. The van der Waals surface area contributed by atoms with E-state index in [1.165, 1.54) is 10.9 Å². The van der Waals surface area contributed by atoms with Crippen LogP contribution >= 0.6 is 15.9 Å².